The molecule has 1 saturated heterocycles. The van der Waals surface area contributed by atoms with Gasteiger partial charge in [-0.1, -0.05) is 6.92 Å². The van der Waals surface area contributed by atoms with Crippen molar-refractivity contribution in [3.63, 3.8) is 0 Å². The summed E-state index contributed by atoms with van der Waals surface area (Å²) in [5.41, 5.74) is -0.0150. The Hall–Kier alpha value is -0.120. The van der Waals surface area contributed by atoms with E-state index in [9.17, 15) is 5.11 Å². The van der Waals surface area contributed by atoms with Gasteiger partial charge >= 0.3 is 0 Å². The molecule has 0 aromatic carbocycles. The summed E-state index contributed by atoms with van der Waals surface area (Å²) in [6.45, 7) is 8.17. The van der Waals surface area contributed by atoms with Crippen LogP contribution >= 0.6 is 0 Å². The highest BCUT2D eigenvalue weighted by Crippen LogP contribution is 2.66. The van der Waals surface area contributed by atoms with Crippen LogP contribution in [0.5, 0.6) is 0 Å². The average Bonchev–Trinajstić information content (AvgIpc) is 3.26. The zero-order chi connectivity index (χ0) is 18.8. The molecule has 0 aromatic heterocycles. The Balaban J connectivity index is 1.29. The number of fused-ring (bicyclic) bond motifs is 5. The lowest BCUT2D eigenvalue weighted by molar-refractivity contribution is -0.128. The molecule has 1 N–H and O–H groups in total. The average molecular weight is 377 g/mol. The van der Waals surface area contributed by atoms with Crippen molar-refractivity contribution in [3.05, 3.63) is 0 Å². The molecule has 0 amide bonds. The van der Waals surface area contributed by atoms with Crippen LogP contribution in [0.25, 0.3) is 0 Å². The first-order valence-electron chi connectivity index (χ1n) is 11.9. The van der Waals surface area contributed by atoms with Crippen LogP contribution in [0.1, 0.15) is 78.6 Å². The topological polar surface area (TPSA) is 42.0 Å². The van der Waals surface area contributed by atoms with E-state index in [4.69, 9.17) is 9.47 Å². The van der Waals surface area contributed by atoms with Gasteiger partial charge in [0, 0.05) is 6.61 Å². The fraction of sp³-hybridized carbons (Fsp3) is 1.00. The first-order chi connectivity index (χ1) is 13.0. The second-order valence-corrected chi connectivity index (χ2v) is 11.1. The summed E-state index contributed by atoms with van der Waals surface area (Å²) in [5.74, 6) is 5.22. The normalized spacial score (nSPS) is 56.9. The molecule has 2 unspecified atom stereocenters. The number of rotatable bonds is 4. The predicted octanol–water partition coefficient (Wildman–Crippen LogP) is 4.81. The minimum absolute atomic E-state index is 0.514. The fourth-order valence-corrected chi connectivity index (χ4v) is 8.59. The molecule has 0 radical (unpaired) electrons. The summed E-state index contributed by atoms with van der Waals surface area (Å²) in [7, 11) is 0. The van der Waals surface area contributed by atoms with E-state index < -0.39 is 5.60 Å². The van der Waals surface area contributed by atoms with Crippen LogP contribution in [-0.2, 0) is 9.47 Å². The molecule has 4 aliphatic carbocycles. The largest absolute Gasteiger partial charge is 0.387 e. The van der Waals surface area contributed by atoms with Crippen molar-refractivity contribution in [2.24, 2.45) is 40.9 Å². The van der Waals surface area contributed by atoms with E-state index in [1.807, 2.05) is 6.92 Å². The van der Waals surface area contributed by atoms with Crippen molar-refractivity contribution in [1.82, 2.24) is 0 Å². The molecule has 0 aromatic rings. The van der Waals surface area contributed by atoms with Crippen molar-refractivity contribution in [3.8, 4) is 0 Å². The summed E-state index contributed by atoms with van der Waals surface area (Å²) in [5, 5.41) is 11.0. The van der Waals surface area contributed by atoms with Gasteiger partial charge in [0.05, 0.1) is 24.4 Å². The lowest BCUT2D eigenvalue weighted by Crippen LogP contribution is -2.52. The maximum absolute atomic E-state index is 11.0. The highest BCUT2D eigenvalue weighted by atomic mass is 16.6. The highest BCUT2D eigenvalue weighted by Gasteiger charge is 2.61. The molecule has 5 rings (SSSR count). The Kier molecular flexibility index (Phi) is 4.69. The number of epoxide rings is 1. The molecule has 0 spiro atoms. The van der Waals surface area contributed by atoms with Crippen molar-refractivity contribution >= 4 is 0 Å². The Labute approximate surface area is 165 Å². The van der Waals surface area contributed by atoms with Crippen LogP contribution < -0.4 is 0 Å². The second-order valence-electron chi connectivity index (χ2n) is 11.1. The standard InChI is InChI=1S/C24H40O3/c1-4-26-14-24(25)12-10-17-16(13-24)5-6-19-18(17)9-11-23(3)20(19)7-8-21(23)22-15(2)27-22/h15-22,25H,4-14H2,1-3H3/t15?,16-,17+,18-,19-,20+,21-,22?,23+,24-/m1/s1. The molecule has 5 aliphatic rings. The third-order valence-corrected chi connectivity index (χ3v) is 9.91. The van der Waals surface area contributed by atoms with Gasteiger partial charge in [-0.15, -0.1) is 0 Å². The van der Waals surface area contributed by atoms with Gasteiger partial charge in [0.2, 0.25) is 0 Å². The number of hydrogen-bond acceptors (Lipinski definition) is 3. The molecule has 27 heavy (non-hydrogen) atoms. The SMILES string of the molecule is CCOC[C@@]1(O)CC[C@H]2[C@H](CC[C@@H]3[C@@H]2CC[C@]2(C)[C@@H](C4OC4C)CC[C@@H]32)C1. The minimum atomic E-state index is -0.550. The molecular weight excluding hydrogens is 336 g/mol. The molecule has 3 heteroatoms. The maximum atomic E-state index is 11.0. The Bertz CT molecular complexity index is 564. The molecule has 1 heterocycles. The summed E-state index contributed by atoms with van der Waals surface area (Å²) in [4.78, 5) is 0. The third-order valence-electron chi connectivity index (χ3n) is 9.91. The van der Waals surface area contributed by atoms with Crippen LogP contribution in [-0.4, -0.2) is 36.1 Å². The first kappa shape index (κ1) is 18.9. The molecule has 3 nitrogen and oxygen atoms in total. The van der Waals surface area contributed by atoms with Crippen LogP contribution in [0.2, 0.25) is 0 Å². The summed E-state index contributed by atoms with van der Waals surface area (Å²) in [6, 6.07) is 0. The molecular formula is C24H40O3. The lowest BCUT2D eigenvalue weighted by Gasteiger charge is -2.57. The van der Waals surface area contributed by atoms with Gasteiger partial charge in [-0.2, -0.15) is 0 Å². The number of ether oxygens (including phenoxy) is 2. The summed E-state index contributed by atoms with van der Waals surface area (Å²) < 4.78 is 11.6. The zero-order valence-electron chi connectivity index (χ0n) is 17.7. The van der Waals surface area contributed by atoms with E-state index in [-0.39, 0.29) is 0 Å². The van der Waals surface area contributed by atoms with E-state index in [1.54, 1.807) is 0 Å². The molecule has 154 valence electrons. The Morgan fingerprint density at radius 3 is 2.44 bits per heavy atom. The van der Waals surface area contributed by atoms with Crippen molar-refractivity contribution < 1.29 is 14.6 Å². The van der Waals surface area contributed by atoms with Crippen molar-refractivity contribution in [2.45, 2.75) is 96.4 Å². The van der Waals surface area contributed by atoms with Crippen molar-refractivity contribution in [2.75, 3.05) is 13.2 Å². The fourth-order valence-electron chi connectivity index (χ4n) is 8.59. The minimum Gasteiger partial charge on any atom is -0.387 e. The van der Waals surface area contributed by atoms with Crippen molar-refractivity contribution in [1.29, 1.82) is 0 Å². The van der Waals surface area contributed by atoms with E-state index in [0.29, 0.717) is 30.8 Å². The van der Waals surface area contributed by atoms with E-state index >= 15 is 0 Å². The Morgan fingerprint density at radius 2 is 1.70 bits per heavy atom. The van der Waals surface area contributed by atoms with Gasteiger partial charge in [-0.05, 0) is 113 Å². The van der Waals surface area contributed by atoms with Crippen LogP contribution in [0, 0.1) is 40.9 Å². The highest BCUT2D eigenvalue weighted by molar-refractivity contribution is 5.10. The van der Waals surface area contributed by atoms with E-state index in [0.717, 1.165) is 48.3 Å². The molecule has 0 bridgehead atoms. The van der Waals surface area contributed by atoms with Gasteiger partial charge in [-0.3, -0.25) is 0 Å². The first-order valence-corrected chi connectivity index (χ1v) is 11.9. The zero-order valence-corrected chi connectivity index (χ0v) is 17.7. The van der Waals surface area contributed by atoms with Crippen LogP contribution in [0.3, 0.4) is 0 Å². The van der Waals surface area contributed by atoms with Crippen LogP contribution in [0.4, 0.5) is 0 Å². The third kappa shape index (κ3) is 3.02. The van der Waals surface area contributed by atoms with Gasteiger partial charge < -0.3 is 14.6 Å². The van der Waals surface area contributed by atoms with Gasteiger partial charge in [0.15, 0.2) is 0 Å². The van der Waals surface area contributed by atoms with E-state index in [2.05, 4.69) is 13.8 Å². The lowest BCUT2D eigenvalue weighted by atomic mass is 9.49. The predicted molar refractivity (Wildman–Crippen MR) is 106 cm³/mol. The van der Waals surface area contributed by atoms with Crippen LogP contribution in [0.15, 0.2) is 0 Å². The quantitative estimate of drug-likeness (QED) is 0.716. The monoisotopic (exact) mass is 376 g/mol. The second kappa shape index (κ2) is 6.71. The smallest absolute Gasteiger partial charge is 0.0883 e. The van der Waals surface area contributed by atoms with Gasteiger partial charge in [0.25, 0.3) is 0 Å². The summed E-state index contributed by atoms with van der Waals surface area (Å²) >= 11 is 0. The molecule has 1 aliphatic heterocycles. The summed E-state index contributed by atoms with van der Waals surface area (Å²) in [6.07, 6.45) is 12.7. The number of aliphatic hydroxyl groups is 1. The van der Waals surface area contributed by atoms with Gasteiger partial charge in [-0.25, -0.2) is 0 Å². The van der Waals surface area contributed by atoms with E-state index in [1.165, 1.54) is 44.9 Å². The molecule has 4 saturated carbocycles. The molecule has 10 atom stereocenters. The number of hydrogen-bond donors (Lipinski definition) is 1. The Morgan fingerprint density at radius 1 is 0.963 bits per heavy atom. The maximum Gasteiger partial charge on any atom is 0.0883 e. The molecule has 5 fully saturated rings. The van der Waals surface area contributed by atoms with Gasteiger partial charge in [0.1, 0.15) is 0 Å².